The van der Waals surface area contributed by atoms with Gasteiger partial charge < -0.3 is 5.11 Å². The summed E-state index contributed by atoms with van der Waals surface area (Å²) in [6, 6.07) is 15.1. The van der Waals surface area contributed by atoms with Crippen LogP contribution in [0.5, 0.6) is 5.75 Å². The van der Waals surface area contributed by atoms with E-state index in [0.29, 0.717) is 10.6 Å². The van der Waals surface area contributed by atoms with Crippen molar-refractivity contribution in [3.05, 3.63) is 70.3 Å². The molecule has 2 aromatic carbocycles. The average Bonchev–Trinajstić information content (AvgIpc) is 2.56. The van der Waals surface area contributed by atoms with E-state index < -0.39 is 5.91 Å². The molecule has 2 rings (SSSR count). The Balaban J connectivity index is 2.08. The fourth-order valence-corrected chi connectivity index (χ4v) is 1.81. The van der Waals surface area contributed by atoms with Crippen LogP contribution in [0.3, 0.4) is 0 Å². The molecule has 2 aromatic rings. The molecule has 2 N–H and O–H groups in total. The second kappa shape index (κ2) is 7.78. The van der Waals surface area contributed by atoms with Crippen molar-refractivity contribution in [3.8, 4) is 11.8 Å². The van der Waals surface area contributed by atoms with Crippen LogP contribution in [-0.2, 0) is 4.79 Å². The molecular weight excluding hydrogens is 314 g/mol. The van der Waals surface area contributed by atoms with Gasteiger partial charge in [-0.25, -0.2) is 5.43 Å². The number of halogens is 1. The van der Waals surface area contributed by atoms with Crippen molar-refractivity contribution in [1.82, 2.24) is 5.43 Å². The number of hydrazone groups is 1. The van der Waals surface area contributed by atoms with E-state index in [-0.39, 0.29) is 11.3 Å². The topological polar surface area (TPSA) is 85.5 Å². The molecule has 0 aliphatic heterocycles. The minimum atomic E-state index is -0.666. The highest BCUT2D eigenvalue weighted by Crippen LogP contribution is 2.18. The van der Waals surface area contributed by atoms with Gasteiger partial charge in [0.1, 0.15) is 17.4 Å². The molecule has 0 saturated heterocycles. The molecule has 0 fully saturated rings. The quantitative estimate of drug-likeness (QED) is 0.392. The van der Waals surface area contributed by atoms with Crippen LogP contribution < -0.4 is 5.43 Å². The molecule has 0 aliphatic carbocycles. The molecule has 0 aliphatic rings. The summed E-state index contributed by atoms with van der Waals surface area (Å²) < 4.78 is 0. The van der Waals surface area contributed by atoms with Crippen molar-refractivity contribution in [2.45, 2.75) is 0 Å². The van der Waals surface area contributed by atoms with Crippen LogP contribution in [0.1, 0.15) is 11.1 Å². The first-order chi connectivity index (χ1) is 11.1. The number of amides is 1. The van der Waals surface area contributed by atoms with Crippen molar-refractivity contribution < 1.29 is 9.90 Å². The van der Waals surface area contributed by atoms with Gasteiger partial charge >= 0.3 is 0 Å². The first-order valence-electron chi connectivity index (χ1n) is 6.59. The van der Waals surface area contributed by atoms with Crippen LogP contribution in [0.15, 0.2) is 59.2 Å². The summed E-state index contributed by atoms with van der Waals surface area (Å²) >= 11 is 5.77. The number of para-hydroxylation sites is 1. The summed E-state index contributed by atoms with van der Waals surface area (Å²) in [5.41, 5.74) is 3.22. The first kappa shape index (κ1) is 16.3. The standard InChI is InChI=1S/C17H12ClN3O2/c18-15-7-5-12(6-8-15)11-20-21-17(23)14(10-19)9-13-3-1-2-4-16(13)22/h1-9,11,22H,(H,21,23)/b14-9+,20-11-. The van der Waals surface area contributed by atoms with Gasteiger partial charge in [0, 0.05) is 10.6 Å². The van der Waals surface area contributed by atoms with E-state index in [1.807, 2.05) is 0 Å². The molecule has 23 heavy (non-hydrogen) atoms. The number of hydrogen-bond acceptors (Lipinski definition) is 4. The summed E-state index contributed by atoms with van der Waals surface area (Å²) in [7, 11) is 0. The Hall–Kier alpha value is -3.10. The minimum Gasteiger partial charge on any atom is -0.507 e. The van der Waals surface area contributed by atoms with Crippen molar-refractivity contribution >= 4 is 29.8 Å². The number of nitriles is 1. The lowest BCUT2D eigenvalue weighted by Gasteiger charge is -2.00. The van der Waals surface area contributed by atoms with Crippen LogP contribution in [0, 0.1) is 11.3 Å². The molecule has 0 aromatic heterocycles. The monoisotopic (exact) mass is 325 g/mol. The molecule has 6 heteroatoms. The normalized spacial score (nSPS) is 11.2. The molecule has 114 valence electrons. The van der Waals surface area contributed by atoms with Crippen molar-refractivity contribution in [2.75, 3.05) is 0 Å². The van der Waals surface area contributed by atoms with Gasteiger partial charge in [-0.2, -0.15) is 10.4 Å². The maximum atomic E-state index is 11.9. The molecule has 0 bridgehead atoms. The van der Waals surface area contributed by atoms with E-state index >= 15 is 0 Å². The molecule has 1 amide bonds. The van der Waals surface area contributed by atoms with Crippen molar-refractivity contribution in [2.24, 2.45) is 5.10 Å². The molecule has 0 atom stereocenters. The summed E-state index contributed by atoms with van der Waals surface area (Å²) in [6.45, 7) is 0. The Morgan fingerprint density at radius 3 is 2.57 bits per heavy atom. The SMILES string of the molecule is N#C/C(=C\c1ccccc1O)C(=O)N/N=C\c1ccc(Cl)cc1. The summed E-state index contributed by atoms with van der Waals surface area (Å²) in [5, 5.41) is 23.1. The van der Waals surface area contributed by atoms with E-state index in [9.17, 15) is 9.90 Å². The van der Waals surface area contributed by atoms with Gasteiger partial charge in [0.25, 0.3) is 5.91 Å². The first-order valence-corrected chi connectivity index (χ1v) is 6.96. The highest BCUT2D eigenvalue weighted by Gasteiger charge is 2.09. The number of aromatic hydroxyl groups is 1. The van der Waals surface area contributed by atoms with Gasteiger partial charge in [0.15, 0.2) is 0 Å². The maximum Gasteiger partial charge on any atom is 0.282 e. The van der Waals surface area contributed by atoms with E-state index in [2.05, 4.69) is 10.5 Å². The zero-order valence-corrected chi connectivity index (χ0v) is 12.7. The molecule has 5 nitrogen and oxygen atoms in total. The van der Waals surface area contributed by atoms with E-state index in [4.69, 9.17) is 16.9 Å². The van der Waals surface area contributed by atoms with Gasteiger partial charge in [0.2, 0.25) is 0 Å². The van der Waals surface area contributed by atoms with Crippen LogP contribution >= 0.6 is 11.6 Å². The number of benzene rings is 2. The number of carbonyl (C=O) groups is 1. The van der Waals surface area contributed by atoms with Crippen LogP contribution in [-0.4, -0.2) is 17.2 Å². The minimum absolute atomic E-state index is 0.0160. The summed E-state index contributed by atoms with van der Waals surface area (Å²) in [6.07, 6.45) is 2.73. The Bertz CT molecular complexity index is 805. The van der Waals surface area contributed by atoms with Crippen molar-refractivity contribution in [3.63, 3.8) is 0 Å². The van der Waals surface area contributed by atoms with Crippen LogP contribution in [0.4, 0.5) is 0 Å². The predicted octanol–water partition coefficient (Wildman–Crippen LogP) is 3.10. The van der Waals surface area contributed by atoms with E-state index in [0.717, 1.165) is 5.56 Å². The lowest BCUT2D eigenvalue weighted by Crippen LogP contribution is -2.19. The predicted molar refractivity (Wildman–Crippen MR) is 88.9 cm³/mol. The number of carbonyl (C=O) groups excluding carboxylic acids is 1. The zero-order chi connectivity index (χ0) is 16.7. The van der Waals surface area contributed by atoms with Gasteiger partial charge in [-0.1, -0.05) is 41.9 Å². The maximum absolute atomic E-state index is 11.9. The summed E-state index contributed by atoms with van der Waals surface area (Å²) in [4.78, 5) is 11.9. The summed E-state index contributed by atoms with van der Waals surface area (Å²) in [5.74, 6) is -0.682. The van der Waals surface area contributed by atoms with Crippen LogP contribution in [0.25, 0.3) is 6.08 Å². The van der Waals surface area contributed by atoms with Gasteiger partial charge in [-0.05, 0) is 29.8 Å². The smallest absolute Gasteiger partial charge is 0.282 e. The van der Waals surface area contributed by atoms with Gasteiger partial charge in [-0.3, -0.25) is 4.79 Å². The second-order valence-corrected chi connectivity index (χ2v) is 4.92. The third-order valence-corrected chi connectivity index (χ3v) is 3.10. The highest BCUT2D eigenvalue weighted by atomic mass is 35.5. The number of nitrogens with zero attached hydrogens (tertiary/aromatic N) is 2. The van der Waals surface area contributed by atoms with Gasteiger partial charge in [0.05, 0.1) is 6.21 Å². The van der Waals surface area contributed by atoms with Gasteiger partial charge in [-0.15, -0.1) is 0 Å². The lowest BCUT2D eigenvalue weighted by molar-refractivity contribution is -0.117. The fourth-order valence-electron chi connectivity index (χ4n) is 1.69. The second-order valence-electron chi connectivity index (χ2n) is 4.48. The zero-order valence-electron chi connectivity index (χ0n) is 11.9. The Labute approximate surface area is 138 Å². The highest BCUT2D eigenvalue weighted by molar-refractivity contribution is 6.30. The third-order valence-electron chi connectivity index (χ3n) is 2.85. The largest absolute Gasteiger partial charge is 0.507 e. The third kappa shape index (κ3) is 4.70. The molecular formula is C17H12ClN3O2. The molecule has 0 saturated carbocycles. The Morgan fingerprint density at radius 2 is 1.91 bits per heavy atom. The Kier molecular flexibility index (Phi) is 5.50. The number of phenolic OH excluding ortho intramolecular Hbond substituents is 1. The number of nitrogens with one attached hydrogen (secondary N) is 1. The lowest BCUT2D eigenvalue weighted by atomic mass is 10.1. The van der Waals surface area contributed by atoms with Crippen molar-refractivity contribution in [1.29, 1.82) is 5.26 Å². The number of rotatable bonds is 4. The average molecular weight is 326 g/mol. The van der Waals surface area contributed by atoms with E-state index in [1.165, 1.54) is 18.4 Å². The Morgan fingerprint density at radius 1 is 1.22 bits per heavy atom. The number of phenols is 1. The number of hydrogen-bond donors (Lipinski definition) is 2. The molecule has 0 spiro atoms. The molecule has 0 unspecified atom stereocenters. The molecule has 0 radical (unpaired) electrons. The molecule has 0 heterocycles. The van der Waals surface area contributed by atoms with E-state index in [1.54, 1.807) is 48.5 Å². The van der Waals surface area contributed by atoms with Crippen LogP contribution in [0.2, 0.25) is 5.02 Å². The fraction of sp³-hybridized carbons (Fsp3) is 0.